The maximum Gasteiger partial charge on any atom is 0.335 e. The molecule has 0 saturated carbocycles. The smallest absolute Gasteiger partial charge is 0.335 e. The van der Waals surface area contributed by atoms with E-state index in [9.17, 15) is 14.7 Å². The monoisotopic (exact) mass is 612 g/mol. The molecular weight excluding hydrogens is 560 g/mol. The Hall–Kier alpha value is -3.11. The fraction of sp³-hybridized carbons (Fsp3) is 0.471. The number of likely N-dealkylation sites (N-methyl/N-ethyl adjacent to an activating group) is 1. The summed E-state index contributed by atoms with van der Waals surface area (Å²) in [4.78, 5) is 25.3. The van der Waals surface area contributed by atoms with Crippen LogP contribution in [-0.4, -0.2) is 69.6 Å². The number of nitrogens with two attached hydrogens (primary N) is 1. The minimum atomic E-state index is -0.971. The Kier molecular flexibility index (Phi) is 18.3. The van der Waals surface area contributed by atoms with E-state index in [0.29, 0.717) is 12.1 Å². The Bertz CT molecular complexity index is 1210. The summed E-state index contributed by atoms with van der Waals surface area (Å²) >= 11 is 1.31. The first-order valence-electron chi connectivity index (χ1n) is 15.1. The van der Waals surface area contributed by atoms with Crippen LogP contribution < -0.4 is 20.1 Å². The summed E-state index contributed by atoms with van der Waals surface area (Å²) in [6, 6.07) is 11.0. The largest absolute Gasteiger partial charge is 0.497 e. The number of nitrogens with one attached hydrogen (secondary N) is 1. The molecule has 0 amide bonds. The highest BCUT2D eigenvalue weighted by Gasteiger charge is 2.20. The van der Waals surface area contributed by atoms with Gasteiger partial charge in [-0.1, -0.05) is 52.3 Å². The van der Waals surface area contributed by atoms with Gasteiger partial charge in [0.15, 0.2) is 0 Å². The fourth-order valence-electron chi connectivity index (χ4n) is 4.58. The number of carbonyl (C=O) groups is 2. The summed E-state index contributed by atoms with van der Waals surface area (Å²) in [6.07, 6.45) is 9.59. The lowest BCUT2D eigenvalue weighted by atomic mass is 9.87. The number of carboxylic acids is 1. The predicted octanol–water partition coefficient (Wildman–Crippen LogP) is 6.87. The second-order valence-electron chi connectivity index (χ2n) is 10.3. The molecule has 43 heavy (non-hydrogen) atoms. The zero-order valence-electron chi connectivity index (χ0n) is 27.3. The van der Waals surface area contributed by atoms with Crippen molar-refractivity contribution in [3.63, 3.8) is 0 Å². The zero-order chi connectivity index (χ0) is 32.4. The maximum absolute atomic E-state index is 11.8. The first-order chi connectivity index (χ1) is 20.7. The summed E-state index contributed by atoms with van der Waals surface area (Å²) in [7, 11) is 7.51. The molecule has 0 spiro atoms. The number of hydrogen-bond donors (Lipinski definition) is 3. The van der Waals surface area contributed by atoms with Gasteiger partial charge in [0.1, 0.15) is 12.0 Å². The van der Waals surface area contributed by atoms with Crippen molar-refractivity contribution in [2.45, 2.75) is 53.4 Å². The van der Waals surface area contributed by atoms with E-state index >= 15 is 0 Å². The molecule has 238 valence electrons. The van der Waals surface area contributed by atoms with Gasteiger partial charge in [-0.25, -0.2) is 9.10 Å². The van der Waals surface area contributed by atoms with Gasteiger partial charge in [0.25, 0.3) is 0 Å². The Morgan fingerprint density at radius 2 is 1.88 bits per heavy atom. The Morgan fingerprint density at radius 1 is 1.16 bits per heavy atom. The number of anilines is 1. The number of aldehydes is 1. The second-order valence-corrected chi connectivity index (χ2v) is 11.1. The Balaban J connectivity index is 0.000000602. The summed E-state index contributed by atoms with van der Waals surface area (Å²) in [5.41, 5.74) is 5.63. The number of unbranched alkanes of at least 4 members (excludes halogenated alkanes) is 2. The Labute approximate surface area is 263 Å². The molecule has 0 saturated heterocycles. The van der Waals surface area contributed by atoms with Crippen LogP contribution in [-0.2, 0) is 4.79 Å². The third-order valence-corrected chi connectivity index (χ3v) is 7.75. The van der Waals surface area contributed by atoms with Crippen LogP contribution in [0.4, 0.5) is 5.69 Å². The number of nitrogens with zero attached hydrogens (tertiary/aromatic N) is 2. The number of carbonyl (C=O) groups excluding carboxylic acids is 1. The van der Waals surface area contributed by atoms with E-state index in [1.165, 1.54) is 31.4 Å². The second kappa shape index (κ2) is 20.7. The summed E-state index contributed by atoms with van der Waals surface area (Å²) in [6.45, 7) is 10.9. The van der Waals surface area contributed by atoms with Gasteiger partial charge >= 0.3 is 5.97 Å². The lowest BCUT2D eigenvalue weighted by Gasteiger charge is -2.27. The number of hydrogen-bond acceptors (Lipinski definition) is 8. The van der Waals surface area contributed by atoms with E-state index in [1.54, 1.807) is 19.2 Å². The number of carboxylic acid groups (broad SMARTS) is 1. The van der Waals surface area contributed by atoms with Gasteiger partial charge in [-0.05, 0) is 92.9 Å². The van der Waals surface area contributed by atoms with E-state index in [2.05, 4.69) is 29.5 Å². The van der Waals surface area contributed by atoms with Crippen molar-refractivity contribution in [2.24, 2.45) is 11.1 Å². The van der Waals surface area contributed by atoms with Crippen LogP contribution >= 0.6 is 12.1 Å². The average molecular weight is 613 g/mol. The van der Waals surface area contributed by atoms with Crippen LogP contribution in [0.2, 0.25) is 0 Å². The molecule has 1 aliphatic heterocycles. The van der Waals surface area contributed by atoms with Crippen molar-refractivity contribution in [3.8, 4) is 5.75 Å². The van der Waals surface area contributed by atoms with E-state index < -0.39 is 5.97 Å². The summed E-state index contributed by atoms with van der Waals surface area (Å²) in [5, 5.41) is 18.0. The van der Waals surface area contributed by atoms with Crippen LogP contribution in [0.3, 0.4) is 0 Å². The molecule has 4 N–H and O–H groups in total. The third-order valence-electron chi connectivity index (χ3n) is 7.21. The SMILES string of the molecule is CC.CCC(C)/C1=C\c2ccc(OC)cc2/C=C(/C=O)CN(C)c2cc(C(=O)O)ccc21.CNCCCCCN(C)SN. The number of ether oxygens (including phenoxy) is 1. The van der Waals surface area contributed by atoms with Gasteiger partial charge in [-0.3, -0.25) is 9.93 Å². The van der Waals surface area contributed by atoms with Crippen LogP contribution in [0.5, 0.6) is 5.75 Å². The van der Waals surface area contributed by atoms with Gasteiger partial charge < -0.3 is 20.1 Å². The van der Waals surface area contributed by atoms with Gasteiger partial charge in [0, 0.05) is 49.1 Å². The van der Waals surface area contributed by atoms with Crippen molar-refractivity contribution >= 4 is 47.8 Å². The molecule has 0 aromatic heterocycles. The minimum Gasteiger partial charge on any atom is -0.497 e. The molecule has 8 nitrogen and oxygen atoms in total. The number of methoxy groups -OCH3 is 1. The van der Waals surface area contributed by atoms with Crippen molar-refractivity contribution in [1.29, 1.82) is 0 Å². The molecule has 2 aromatic rings. The topological polar surface area (TPSA) is 108 Å². The number of aromatic carboxylic acids is 1. The van der Waals surface area contributed by atoms with Gasteiger partial charge in [0.05, 0.1) is 12.7 Å². The molecule has 0 radical (unpaired) electrons. The van der Waals surface area contributed by atoms with Crippen LogP contribution in [0.1, 0.15) is 80.4 Å². The van der Waals surface area contributed by atoms with Crippen molar-refractivity contribution in [3.05, 3.63) is 64.2 Å². The highest BCUT2D eigenvalue weighted by molar-refractivity contribution is 7.94. The van der Waals surface area contributed by atoms with Crippen molar-refractivity contribution in [1.82, 2.24) is 9.62 Å². The standard InChI is InChI=1S/C25H27NO4.C7H19N3S.C2H6/c1-5-16(2)23-12-18-6-8-21(30-4)11-20(18)10-17(15-27)14-26(3)24-13-19(25(28)29)7-9-22(23)24;1-9-6-4-3-5-7-10(2)11-8;1-2/h6-13,15-16H,5,14H2,1-4H3,(H,28,29);9H,3-8H2,1-2H3;1-2H3/b17-10+,23-12+;;. The van der Waals surface area contributed by atoms with Crippen LogP contribution in [0.25, 0.3) is 17.7 Å². The van der Waals surface area contributed by atoms with E-state index in [1.807, 2.05) is 70.2 Å². The molecule has 0 bridgehead atoms. The Morgan fingerprint density at radius 3 is 2.47 bits per heavy atom. The molecule has 1 aliphatic rings. The fourth-order valence-corrected chi connectivity index (χ4v) is 4.81. The molecule has 3 rings (SSSR count). The normalized spacial score (nSPS) is 15.5. The summed E-state index contributed by atoms with van der Waals surface area (Å²) < 4.78 is 7.44. The maximum atomic E-state index is 11.8. The summed E-state index contributed by atoms with van der Waals surface area (Å²) in [5.74, 6) is 0.0170. The molecule has 2 aromatic carbocycles. The molecular formula is C34H52N4O4S. The van der Waals surface area contributed by atoms with Crippen LogP contribution in [0, 0.1) is 5.92 Å². The number of benzene rings is 2. The van der Waals surface area contributed by atoms with E-state index in [-0.39, 0.29) is 11.5 Å². The zero-order valence-corrected chi connectivity index (χ0v) is 28.1. The molecule has 1 unspecified atom stereocenters. The quantitative estimate of drug-likeness (QED) is 0.134. The van der Waals surface area contributed by atoms with Crippen molar-refractivity contribution < 1.29 is 19.4 Å². The molecule has 0 aliphatic carbocycles. The van der Waals surface area contributed by atoms with E-state index in [0.717, 1.165) is 59.5 Å². The highest BCUT2D eigenvalue weighted by atomic mass is 32.2. The first kappa shape index (κ1) is 37.9. The van der Waals surface area contributed by atoms with E-state index in [4.69, 9.17) is 9.88 Å². The predicted molar refractivity (Wildman–Crippen MR) is 185 cm³/mol. The van der Waals surface area contributed by atoms with Crippen LogP contribution in [0.15, 0.2) is 42.0 Å². The third kappa shape index (κ3) is 12.2. The number of allylic oxidation sites excluding steroid dienone is 1. The molecule has 1 atom stereocenters. The lowest BCUT2D eigenvalue weighted by molar-refractivity contribution is -0.104. The van der Waals surface area contributed by atoms with Gasteiger partial charge in [-0.15, -0.1) is 0 Å². The number of fused-ring (bicyclic) bond motifs is 2. The van der Waals surface area contributed by atoms with Gasteiger partial charge in [-0.2, -0.15) is 0 Å². The average Bonchev–Trinajstić information content (AvgIpc) is 3.03. The highest BCUT2D eigenvalue weighted by Crippen LogP contribution is 2.37. The number of rotatable bonds is 12. The first-order valence-corrected chi connectivity index (χ1v) is 15.9. The lowest BCUT2D eigenvalue weighted by Crippen LogP contribution is -2.23. The van der Waals surface area contributed by atoms with Crippen molar-refractivity contribution in [2.75, 3.05) is 52.8 Å². The molecule has 1 heterocycles. The molecule has 0 fully saturated rings. The van der Waals surface area contributed by atoms with Gasteiger partial charge in [0.2, 0.25) is 0 Å². The molecule has 9 heteroatoms. The minimum absolute atomic E-state index is 0.225.